The number of hydrogen-bond acceptors (Lipinski definition) is 3. The molecule has 1 aliphatic carbocycles. The van der Waals surface area contributed by atoms with Gasteiger partial charge in [-0.1, -0.05) is 30.3 Å². The van der Waals surface area contributed by atoms with Crippen molar-refractivity contribution in [2.24, 2.45) is 5.92 Å². The number of nitrogens with zero attached hydrogens (tertiary/aromatic N) is 1. The molecule has 3 rings (SSSR count). The molecule has 128 valence electrons. The third-order valence-corrected chi connectivity index (χ3v) is 4.50. The monoisotopic (exact) mass is 327 g/mol. The van der Waals surface area contributed by atoms with Gasteiger partial charge >= 0.3 is 0 Å². The van der Waals surface area contributed by atoms with Crippen LogP contribution < -0.4 is 10.6 Å². The van der Waals surface area contributed by atoms with Crippen molar-refractivity contribution in [3.8, 4) is 0 Å². The van der Waals surface area contributed by atoms with Gasteiger partial charge in [0.2, 0.25) is 11.8 Å². The van der Waals surface area contributed by atoms with E-state index in [1.165, 1.54) is 25.5 Å². The molecular formula is C19H25N3O2. The van der Waals surface area contributed by atoms with Gasteiger partial charge < -0.3 is 15.5 Å². The first-order chi connectivity index (χ1) is 11.7. The Morgan fingerprint density at radius 1 is 1.17 bits per heavy atom. The molecule has 2 fully saturated rings. The number of carbonyl (C=O) groups is 2. The zero-order chi connectivity index (χ0) is 16.8. The minimum absolute atomic E-state index is 0.0249. The van der Waals surface area contributed by atoms with Gasteiger partial charge in [0.05, 0.1) is 6.54 Å². The second-order valence-corrected chi connectivity index (χ2v) is 6.72. The van der Waals surface area contributed by atoms with Gasteiger partial charge in [-0.15, -0.1) is 0 Å². The van der Waals surface area contributed by atoms with Crippen LogP contribution in [-0.2, 0) is 9.59 Å². The second-order valence-electron chi connectivity index (χ2n) is 6.72. The van der Waals surface area contributed by atoms with Crippen LogP contribution in [0, 0.1) is 5.92 Å². The van der Waals surface area contributed by atoms with E-state index in [0.717, 1.165) is 31.0 Å². The summed E-state index contributed by atoms with van der Waals surface area (Å²) in [7, 11) is 0. The van der Waals surface area contributed by atoms with E-state index in [1.54, 1.807) is 6.08 Å². The van der Waals surface area contributed by atoms with Crippen LogP contribution in [0.5, 0.6) is 0 Å². The molecule has 0 aromatic heterocycles. The lowest BCUT2D eigenvalue weighted by Gasteiger charge is -2.16. The number of rotatable bonds is 7. The van der Waals surface area contributed by atoms with Crippen molar-refractivity contribution < 1.29 is 9.59 Å². The molecule has 1 saturated carbocycles. The van der Waals surface area contributed by atoms with E-state index in [-0.39, 0.29) is 24.4 Å². The van der Waals surface area contributed by atoms with E-state index in [2.05, 4.69) is 15.5 Å². The second kappa shape index (κ2) is 8.11. The summed E-state index contributed by atoms with van der Waals surface area (Å²) < 4.78 is 0. The summed E-state index contributed by atoms with van der Waals surface area (Å²) in [6, 6.07) is 9.82. The highest BCUT2D eigenvalue weighted by Crippen LogP contribution is 2.30. The normalized spacial score (nSPS) is 21.1. The Hall–Kier alpha value is -2.14. The average Bonchev–Trinajstić information content (AvgIpc) is 3.30. The zero-order valence-corrected chi connectivity index (χ0v) is 13.9. The highest BCUT2D eigenvalue weighted by molar-refractivity contribution is 5.94. The fraction of sp³-hybridized carbons (Fsp3) is 0.474. The van der Waals surface area contributed by atoms with Crippen LogP contribution in [0.1, 0.15) is 24.8 Å². The van der Waals surface area contributed by atoms with Crippen molar-refractivity contribution in [2.75, 3.05) is 26.2 Å². The maximum absolute atomic E-state index is 12.0. The van der Waals surface area contributed by atoms with E-state index in [9.17, 15) is 9.59 Å². The van der Waals surface area contributed by atoms with Crippen LogP contribution in [0.2, 0.25) is 0 Å². The van der Waals surface area contributed by atoms with Crippen molar-refractivity contribution in [2.45, 2.75) is 25.3 Å². The maximum atomic E-state index is 12.0. The maximum Gasteiger partial charge on any atom is 0.244 e. The molecule has 0 bridgehead atoms. The van der Waals surface area contributed by atoms with Gasteiger partial charge in [-0.2, -0.15) is 0 Å². The molecule has 1 saturated heterocycles. The van der Waals surface area contributed by atoms with Gasteiger partial charge in [0.25, 0.3) is 0 Å². The van der Waals surface area contributed by atoms with Crippen molar-refractivity contribution in [3.63, 3.8) is 0 Å². The van der Waals surface area contributed by atoms with Crippen molar-refractivity contribution in [3.05, 3.63) is 42.0 Å². The Balaban J connectivity index is 1.33. The van der Waals surface area contributed by atoms with E-state index < -0.39 is 0 Å². The molecule has 5 nitrogen and oxygen atoms in total. The summed E-state index contributed by atoms with van der Waals surface area (Å²) >= 11 is 0. The molecule has 1 aromatic carbocycles. The number of hydrogen-bond donors (Lipinski definition) is 2. The Morgan fingerprint density at radius 3 is 2.71 bits per heavy atom. The van der Waals surface area contributed by atoms with Crippen molar-refractivity contribution in [1.29, 1.82) is 0 Å². The minimum Gasteiger partial charge on any atom is -0.350 e. The molecule has 0 spiro atoms. The molecule has 2 aliphatic rings. The molecule has 1 aliphatic heterocycles. The van der Waals surface area contributed by atoms with Crippen LogP contribution in [0.15, 0.2) is 36.4 Å². The molecule has 2 amide bonds. The smallest absolute Gasteiger partial charge is 0.244 e. The summed E-state index contributed by atoms with van der Waals surface area (Å²) in [5, 5.41) is 5.64. The van der Waals surface area contributed by atoms with Crippen molar-refractivity contribution >= 4 is 17.9 Å². The molecule has 2 N–H and O–H groups in total. The first-order valence-corrected chi connectivity index (χ1v) is 8.72. The van der Waals surface area contributed by atoms with Gasteiger partial charge in [-0.05, 0) is 36.8 Å². The summed E-state index contributed by atoms with van der Waals surface area (Å²) in [5.74, 6) is 0.514. The summed E-state index contributed by atoms with van der Waals surface area (Å²) in [6.07, 6.45) is 6.90. The standard InChI is InChI=1S/C19H25N3O2/c23-18(9-8-15-4-2-1-3-5-15)20-12-19(24)21-17-10-11-22(14-17)13-16-6-7-16/h1-5,8-9,16-17H,6-7,10-14H2,(H,20,23)(H,21,24). The van der Waals surface area contributed by atoms with E-state index >= 15 is 0 Å². The first kappa shape index (κ1) is 16.7. The first-order valence-electron chi connectivity index (χ1n) is 8.72. The van der Waals surface area contributed by atoms with Crippen molar-refractivity contribution in [1.82, 2.24) is 15.5 Å². The molecular weight excluding hydrogens is 302 g/mol. The number of carbonyl (C=O) groups excluding carboxylic acids is 2. The SMILES string of the molecule is O=C(C=Cc1ccccc1)NCC(=O)NC1CCN(CC2CC2)C1. The van der Waals surface area contributed by atoms with Gasteiger partial charge in [0, 0.05) is 31.8 Å². The van der Waals surface area contributed by atoms with Crippen LogP contribution in [0.3, 0.4) is 0 Å². The third-order valence-electron chi connectivity index (χ3n) is 4.50. The topological polar surface area (TPSA) is 61.4 Å². The van der Waals surface area contributed by atoms with Crippen LogP contribution in [0.25, 0.3) is 6.08 Å². The van der Waals surface area contributed by atoms with E-state index in [1.807, 2.05) is 30.3 Å². The Kier molecular flexibility index (Phi) is 5.64. The fourth-order valence-electron chi connectivity index (χ4n) is 3.02. The summed E-state index contributed by atoms with van der Waals surface area (Å²) in [4.78, 5) is 26.1. The number of nitrogens with one attached hydrogen (secondary N) is 2. The third kappa shape index (κ3) is 5.49. The molecule has 24 heavy (non-hydrogen) atoms. The Morgan fingerprint density at radius 2 is 1.96 bits per heavy atom. The predicted octanol–water partition coefficient (Wildman–Crippen LogP) is 1.42. The van der Waals surface area contributed by atoms with Crippen LogP contribution in [0.4, 0.5) is 0 Å². The average molecular weight is 327 g/mol. The number of likely N-dealkylation sites (tertiary alicyclic amines) is 1. The quantitative estimate of drug-likeness (QED) is 0.745. The molecule has 1 unspecified atom stereocenters. The zero-order valence-electron chi connectivity index (χ0n) is 13.9. The van der Waals surface area contributed by atoms with Gasteiger partial charge in [0.15, 0.2) is 0 Å². The fourth-order valence-corrected chi connectivity index (χ4v) is 3.02. The van der Waals surface area contributed by atoms with Crippen LogP contribution in [-0.4, -0.2) is 48.9 Å². The number of benzene rings is 1. The number of amides is 2. The largest absolute Gasteiger partial charge is 0.350 e. The minimum atomic E-state index is -0.254. The molecule has 0 radical (unpaired) electrons. The van der Waals surface area contributed by atoms with Crippen LogP contribution >= 0.6 is 0 Å². The lowest BCUT2D eigenvalue weighted by atomic mass is 10.2. The van der Waals surface area contributed by atoms with E-state index in [4.69, 9.17) is 0 Å². The summed E-state index contributed by atoms with van der Waals surface area (Å²) in [5.41, 5.74) is 0.957. The van der Waals surface area contributed by atoms with E-state index in [0.29, 0.717) is 0 Å². The van der Waals surface area contributed by atoms with Gasteiger partial charge in [0.1, 0.15) is 0 Å². The Labute approximate surface area is 143 Å². The molecule has 1 atom stereocenters. The highest BCUT2D eigenvalue weighted by Gasteiger charge is 2.29. The van der Waals surface area contributed by atoms with Gasteiger partial charge in [-0.25, -0.2) is 0 Å². The lowest BCUT2D eigenvalue weighted by molar-refractivity contribution is -0.124. The molecule has 1 heterocycles. The van der Waals surface area contributed by atoms with Gasteiger partial charge in [-0.3, -0.25) is 9.59 Å². The lowest BCUT2D eigenvalue weighted by Crippen LogP contribution is -2.42. The molecule has 1 aromatic rings. The highest BCUT2D eigenvalue weighted by atomic mass is 16.2. The molecule has 5 heteroatoms. The predicted molar refractivity (Wildman–Crippen MR) is 94.2 cm³/mol. The summed E-state index contributed by atoms with van der Waals surface area (Å²) in [6.45, 7) is 3.20. The Bertz CT molecular complexity index is 596.